The lowest BCUT2D eigenvalue weighted by Gasteiger charge is -2.50. The van der Waals surface area contributed by atoms with Crippen LogP contribution in [0.4, 0.5) is 0 Å². The predicted octanol–water partition coefficient (Wildman–Crippen LogP) is 1.37. The Balaban J connectivity index is 0.000000724. The van der Waals surface area contributed by atoms with Gasteiger partial charge in [0.2, 0.25) is 0 Å². The zero-order valence-corrected chi connectivity index (χ0v) is 19.1. The molecule has 0 radical (unpaired) electrons. The molecule has 10 nitrogen and oxygen atoms in total. The SMILES string of the molecule is Cn1cncc1CN1CCOC2(C[C@H]3CC[C@@H](C2)N3C(=O)c2n[nH]c3c2CCC3)C1.O=CO. The number of carbonyl (C=O) groups excluding carboxylic acids is 1. The van der Waals surface area contributed by atoms with Crippen LogP contribution in [0.1, 0.15) is 59.5 Å². The predicted molar refractivity (Wildman–Crippen MR) is 119 cm³/mol. The number of piperidine rings is 1. The van der Waals surface area contributed by atoms with Crippen molar-refractivity contribution >= 4 is 12.4 Å². The Morgan fingerprint density at radius 3 is 2.79 bits per heavy atom. The summed E-state index contributed by atoms with van der Waals surface area (Å²) in [5.74, 6) is 0.138. The maximum absolute atomic E-state index is 13.4. The molecule has 3 fully saturated rings. The van der Waals surface area contributed by atoms with Gasteiger partial charge in [0.1, 0.15) is 0 Å². The summed E-state index contributed by atoms with van der Waals surface area (Å²) in [5, 5.41) is 14.4. The Morgan fingerprint density at radius 2 is 2.09 bits per heavy atom. The normalized spacial score (nSPS) is 28.5. The molecule has 1 amide bonds. The number of H-pyrrole nitrogens is 1. The van der Waals surface area contributed by atoms with Crippen LogP contribution in [0.2, 0.25) is 0 Å². The number of fused-ring (bicyclic) bond motifs is 3. The molecule has 6 rings (SSSR count). The quantitative estimate of drug-likeness (QED) is 0.670. The highest BCUT2D eigenvalue weighted by molar-refractivity contribution is 5.95. The number of nitrogens with zero attached hydrogens (tertiary/aromatic N) is 5. The molecule has 5 heterocycles. The van der Waals surface area contributed by atoms with Gasteiger partial charge in [-0.1, -0.05) is 0 Å². The molecule has 1 unspecified atom stereocenters. The average Bonchev–Trinajstić information content (AvgIpc) is 3.54. The molecule has 1 aliphatic carbocycles. The number of nitrogens with one attached hydrogen (secondary N) is 1. The van der Waals surface area contributed by atoms with Gasteiger partial charge in [0.05, 0.1) is 24.2 Å². The lowest BCUT2D eigenvalue weighted by Crippen LogP contribution is -2.60. The van der Waals surface area contributed by atoms with E-state index in [1.807, 2.05) is 12.5 Å². The molecule has 33 heavy (non-hydrogen) atoms. The summed E-state index contributed by atoms with van der Waals surface area (Å²) >= 11 is 0. The van der Waals surface area contributed by atoms with Crippen LogP contribution in [-0.4, -0.2) is 84.4 Å². The molecule has 3 aliphatic heterocycles. The van der Waals surface area contributed by atoms with E-state index in [0.29, 0.717) is 5.69 Å². The first-order valence-corrected chi connectivity index (χ1v) is 11.8. The zero-order chi connectivity index (χ0) is 23.0. The molecule has 1 spiro atoms. The molecule has 2 aromatic heterocycles. The summed E-state index contributed by atoms with van der Waals surface area (Å²) in [4.78, 5) is 30.7. The van der Waals surface area contributed by atoms with Crippen molar-refractivity contribution in [3.8, 4) is 0 Å². The number of amides is 1. The summed E-state index contributed by atoms with van der Waals surface area (Å²) in [6.45, 7) is 3.30. The Hall–Kier alpha value is -2.72. The van der Waals surface area contributed by atoms with Gasteiger partial charge in [0, 0.05) is 56.2 Å². The fourth-order valence-corrected chi connectivity index (χ4v) is 6.33. The van der Waals surface area contributed by atoms with Crippen LogP contribution in [0, 0.1) is 0 Å². The van der Waals surface area contributed by atoms with E-state index in [9.17, 15) is 4.79 Å². The van der Waals surface area contributed by atoms with Crippen molar-refractivity contribution in [1.29, 1.82) is 0 Å². The van der Waals surface area contributed by atoms with Gasteiger partial charge in [0.15, 0.2) is 5.69 Å². The maximum atomic E-state index is 13.4. The first kappa shape index (κ1) is 22.1. The molecular formula is C23H32N6O4. The third-order valence-electron chi connectivity index (χ3n) is 7.71. The number of imidazole rings is 1. The first-order valence-electron chi connectivity index (χ1n) is 11.8. The zero-order valence-electron chi connectivity index (χ0n) is 19.1. The molecular weight excluding hydrogens is 424 g/mol. The van der Waals surface area contributed by atoms with E-state index in [2.05, 4.69) is 36.6 Å². The van der Waals surface area contributed by atoms with Crippen molar-refractivity contribution in [3.63, 3.8) is 0 Å². The second-order valence-corrected chi connectivity index (χ2v) is 9.73. The summed E-state index contributed by atoms with van der Waals surface area (Å²) in [7, 11) is 2.05. The Kier molecular flexibility index (Phi) is 5.96. The number of carbonyl (C=O) groups is 2. The topological polar surface area (TPSA) is 117 Å². The van der Waals surface area contributed by atoms with E-state index in [1.54, 1.807) is 0 Å². The van der Waals surface area contributed by atoms with Crippen molar-refractivity contribution in [2.75, 3.05) is 19.7 Å². The number of morpholine rings is 1. The number of ether oxygens (including phenoxy) is 1. The van der Waals surface area contributed by atoms with Gasteiger partial charge < -0.3 is 19.3 Å². The largest absolute Gasteiger partial charge is 0.483 e. The van der Waals surface area contributed by atoms with E-state index in [4.69, 9.17) is 14.6 Å². The third kappa shape index (κ3) is 4.06. The summed E-state index contributed by atoms with van der Waals surface area (Å²) in [6, 6.07) is 0.531. The number of carboxylic acid groups (broad SMARTS) is 1. The van der Waals surface area contributed by atoms with Gasteiger partial charge in [-0.2, -0.15) is 5.10 Å². The minimum Gasteiger partial charge on any atom is -0.483 e. The van der Waals surface area contributed by atoms with Crippen LogP contribution in [-0.2, 0) is 36.0 Å². The van der Waals surface area contributed by atoms with Gasteiger partial charge in [0.25, 0.3) is 12.4 Å². The number of aromatic nitrogens is 4. The molecule has 178 valence electrons. The van der Waals surface area contributed by atoms with Gasteiger partial charge in [-0.05, 0) is 44.9 Å². The Labute approximate surface area is 192 Å². The smallest absolute Gasteiger partial charge is 0.290 e. The second kappa shape index (κ2) is 8.90. The first-order chi connectivity index (χ1) is 16.0. The minimum absolute atomic E-state index is 0.132. The van der Waals surface area contributed by atoms with Crippen LogP contribution in [0.3, 0.4) is 0 Å². The number of aryl methyl sites for hydroxylation is 2. The van der Waals surface area contributed by atoms with Crippen molar-refractivity contribution < 1.29 is 19.4 Å². The van der Waals surface area contributed by atoms with Crippen molar-refractivity contribution in [2.24, 2.45) is 7.05 Å². The van der Waals surface area contributed by atoms with Crippen LogP contribution in [0.25, 0.3) is 0 Å². The highest BCUT2D eigenvalue weighted by atomic mass is 16.5. The second-order valence-electron chi connectivity index (χ2n) is 9.73. The molecule has 0 aromatic carbocycles. The molecule has 10 heteroatoms. The van der Waals surface area contributed by atoms with Gasteiger partial charge in [-0.3, -0.25) is 19.6 Å². The number of hydrogen-bond donors (Lipinski definition) is 2. The van der Waals surface area contributed by atoms with E-state index >= 15 is 0 Å². The molecule has 0 saturated carbocycles. The average molecular weight is 457 g/mol. The molecule has 2 N–H and O–H groups in total. The highest BCUT2D eigenvalue weighted by Crippen LogP contribution is 2.45. The Bertz CT molecular complexity index is 1000. The lowest BCUT2D eigenvalue weighted by molar-refractivity contribution is -0.146. The minimum atomic E-state index is -0.250. The van der Waals surface area contributed by atoms with Crippen molar-refractivity contribution in [1.82, 2.24) is 29.5 Å². The molecule has 3 atom stereocenters. The number of aromatic amines is 1. The van der Waals surface area contributed by atoms with Gasteiger partial charge in [-0.15, -0.1) is 0 Å². The van der Waals surface area contributed by atoms with E-state index < -0.39 is 0 Å². The fraction of sp³-hybridized carbons (Fsp3) is 0.652. The van der Waals surface area contributed by atoms with Crippen LogP contribution >= 0.6 is 0 Å². The maximum Gasteiger partial charge on any atom is 0.290 e. The standard InChI is InChI=1S/C22H30N6O2.CH2O2/c1-26-14-23-11-17(26)12-27-7-8-30-22(13-27)9-15-5-6-16(10-22)28(15)21(29)20-18-3-2-4-19(18)24-25-20;2-1-3/h11,14-16H,2-10,12-13H2,1H3,(H,24,25);1H,(H,2,3)/t15-,16+,22?;. The monoisotopic (exact) mass is 456 g/mol. The van der Waals surface area contributed by atoms with Gasteiger partial charge >= 0.3 is 0 Å². The van der Waals surface area contributed by atoms with E-state index in [1.165, 1.54) is 11.4 Å². The lowest BCUT2D eigenvalue weighted by atomic mass is 9.84. The van der Waals surface area contributed by atoms with Crippen LogP contribution < -0.4 is 0 Å². The Morgan fingerprint density at radius 1 is 1.33 bits per heavy atom. The third-order valence-corrected chi connectivity index (χ3v) is 7.71. The van der Waals surface area contributed by atoms with Crippen LogP contribution in [0.5, 0.6) is 0 Å². The summed E-state index contributed by atoms with van der Waals surface area (Å²) in [6.07, 6.45) is 11.0. The van der Waals surface area contributed by atoms with Crippen molar-refractivity contribution in [3.05, 3.63) is 35.2 Å². The number of hydrogen-bond acceptors (Lipinski definition) is 6. The summed E-state index contributed by atoms with van der Waals surface area (Å²) < 4.78 is 8.53. The van der Waals surface area contributed by atoms with E-state index in [0.717, 1.165) is 76.8 Å². The fourth-order valence-electron chi connectivity index (χ4n) is 6.33. The molecule has 4 aliphatic rings. The van der Waals surface area contributed by atoms with E-state index in [-0.39, 0.29) is 30.1 Å². The number of rotatable bonds is 3. The molecule has 2 aromatic rings. The van der Waals surface area contributed by atoms with Crippen molar-refractivity contribution in [2.45, 2.75) is 69.2 Å². The van der Waals surface area contributed by atoms with Gasteiger partial charge in [-0.25, -0.2) is 4.98 Å². The van der Waals surface area contributed by atoms with Crippen LogP contribution in [0.15, 0.2) is 12.5 Å². The molecule has 3 saturated heterocycles. The highest BCUT2D eigenvalue weighted by Gasteiger charge is 2.52. The molecule has 2 bridgehead atoms. The summed E-state index contributed by atoms with van der Waals surface area (Å²) in [5.41, 5.74) is 4.11.